The number of hydrogen-bond acceptors (Lipinski definition) is 2. The van der Waals surface area contributed by atoms with Crippen LogP contribution in [-0.4, -0.2) is 18.5 Å². The fourth-order valence-corrected chi connectivity index (χ4v) is 6.58. The van der Waals surface area contributed by atoms with Gasteiger partial charge in [-0.1, -0.05) is 85.5 Å². The lowest BCUT2D eigenvalue weighted by Gasteiger charge is -2.18. The van der Waals surface area contributed by atoms with Crippen LogP contribution in [0.1, 0.15) is 23.9 Å². The van der Waals surface area contributed by atoms with Gasteiger partial charge in [-0.2, -0.15) is 5.26 Å². The number of rotatable bonds is 5. The second-order valence-electron chi connectivity index (χ2n) is 10.8. The van der Waals surface area contributed by atoms with Gasteiger partial charge in [0.15, 0.2) is 0 Å². The lowest BCUT2D eigenvalue weighted by molar-refractivity contribution is 1.07. The van der Waals surface area contributed by atoms with Crippen LogP contribution in [0, 0.1) is 11.3 Å². The van der Waals surface area contributed by atoms with Gasteiger partial charge < -0.3 is 4.57 Å². The molecule has 5 heteroatoms. The van der Waals surface area contributed by atoms with Crippen molar-refractivity contribution in [2.75, 3.05) is 0 Å². The van der Waals surface area contributed by atoms with Crippen molar-refractivity contribution in [3.63, 3.8) is 0 Å². The minimum atomic E-state index is 0.606. The summed E-state index contributed by atoms with van der Waals surface area (Å²) in [5, 5.41) is 12.3. The largest absolute Gasteiger partial charge is 0.309 e. The Labute approximate surface area is 254 Å². The van der Waals surface area contributed by atoms with Crippen molar-refractivity contribution < 1.29 is 0 Å². The van der Waals surface area contributed by atoms with Crippen molar-refractivity contribution in [3.05, 3.63) is 145 Å². The van der Waals surface area contributed by atoms with E-state index in [-0.39, 0.29) is 0 Å². The quantitative estimate of drug-likeness (QED) is 0.209. The Bertz CT molecular complexity index is 2440. The van der Waals surface area contributed by atoms with E-state index in [2.05, 4.69) is 117 Å². The monoisotopic (exact) mass is 565 g/mol. The molecule has 3 heterocycles. The second kappa shape index (κ2) is 10.0. The van der Waals surface area contributed by atoms with E-state index in [1.54, 1.807) is 0 Å². The van der Waals surface area contributed by atoms with Crippen LogP contribution in [-0.2, 0) is 0 Å². The maximum absolute atomic E-state index is 10.0. The Balaban J connectivity index is 1.49. The summed E-state index contributed by atoms with van der Waals surface area (Å²) in [7, 11) is 0. The van der Waals surface area contributed by atoms with Crippen molar-refractivity contribution >= 4 is 50.8 Å². The highest BCUT2D eigenvalue weighted by molar-refractivity contribution is 6.10. The molecule has 0 radical (unpaired) electrons. The summed E-state index contributed by atoms with van der Waals surface area (Å²) in [6.45, 7) is 6.22. The van der Waals surface area contributed by atoms with E-state index in [0.29, 0.717) is 5.56 Å². The van der Waals surface area contributed by atoms with Gasteiger partial charge in [0.1, 0.15) is 0 Å². The molecule has 208 valence electrons. The number of hydrogen-bond donors (Lipinski definition) is 0. The van der Waals surface area contributed by atoms with Gasteiger partial charge in [0.25, 0.3) is 0 Å². The first-order valence-corrected chi connectivity index (χ1v) is 14.6. The number of nitrogens with zero attached hydrogens (tertiary/aromatic N) is 5. The van der Waals surface area contributed by atoms with Crippen LogP contribution in [0.25, 0.3) is 73.3 Å². The zero-order valence-corrected chi connectivity index (χ0v) is 24.1. The molecule has 0 saturated carbocycles. The van der Waals surface area contributed by atoms with Gasteiger partial charge in [-0.15, -0.1) is 0 Å². The van der Waals surface area contributed by atoms with E-state index in [9.17, 15) is 5.26 Å². The predicted octanol–water partition coefficient (Wildman–Crippen LogP) is 9.59. The van der Waals surface area contributed by atoms with Crippen LogP contribution >= 0.6 is 0 Å². The Kier molecular flexibility index (Phi) is 5.82. The highest BCUT2D eigenvalue weighted by atomic mass is 15.2. The number of imidazole rings is 2. The first kappa shape index (κ1) is 25.6. The summed E-state index contributed by atoms with van der Waals surface area (Å²) in [6, 6.07) is 41.9. The van der Waals surface area contributed by atoms with Crippen molar-refractivity contribution in [2.45, 2.75) is 6.92 Å². The van der Waals surface area contributed by atoms with Crippen LogP contribution in [0.4, 0.5) is 0 Å². The standard InChI is InChI=1S/C39H27N5/c1-3-13-37-32(4-2)43-36-21-12-8-17-31(36)41-39(43)44(37)35-20-11-7-16-29(35)30-23-22-26(25-40)24-38(30)42-33-18-9-5-14-27(33)28-15-6-10-19-34(28)42/h3-24H,2H2,1H3/b13-3-. The second-order valence-corrected chi connectivity index (χ2v) is 10.8. The molecule has 8 rings (SSSR count). The lowest BCUT2D eigenvalue weighted by atomic mass is 9.99. The molecule has 0 spiro atoms. The van der Waals surface area contributed by atoms with E-state index in [4.69, 9.17) is 4.98 Å². The zero-order valence-electron chi connectivity index (χ0n) is 24.1. The van der Waals surface area contributed by atoms with Crippen LogP contribution in [0.5, 0.6) is 0 Å². The van der Waals surface area contributed by atoms with Gasteiger partial charge >= 0.3 is 0 Å². The normalized spacial score (nSPS) is 11.7. The fourth-order valence-electron chi connectivity index (χ4n) is 6.58. The maximum atomic E-state index is 10.0. The Morgan fingerprint density at radius 1 is 0.682 bits per heavy atom. The first-order valence-electron chi connectivity index (χ1n) is 14.6. The van der Waals surface area contributed by atoms with E-state index in [1.807, 2.05) is 49.4 Å². The fraction of sp³-hybridized carbons (Fsp3) is 0.0256. The minimum absolute atomic E-state index is 0.606. The van der Waals surface area contributed by atoms with Crippen LogP contribution in [0.15, 0.2) is 128 Å². The Hall–Kier alpha value is -6.12. The summed E-state index contributed by atoms with van der Waals surface area (Å²) >= 11 is 0. The molecule has 0 aliphatic carbocycles. The smallest absolute Gasteiger partial charge is 0.220 e. The average Bonchev–Trinajstić information content (AvgIpc) is 3.71. The number of aromatic nitrogens is 4. The summed E-state index contributed by atoms with van der Waals surface area (Å²) < 4.78 is 6.69. The molecule has 0 amide bonds. The summed E-state index contributed by atoms with van der Waals surface area (Å²) in [5.74, 6) is 0.814. The number of benzene rings is 5. The third-order valence-corrected chi connectivity index (χ3v) is 8.39. The molecule has 0 saturated heterocycles. The van der Waals surface area contributed by atoms with Crippen molar-refractivity contribution in [3.8, 4) is 28.6 Å². The summed E-state index contributed by atoms with van der Waals surface area (Å²) in [4.78, 5) is 5.12. The van der Waals surface area contributed by atoms with E-state index in [0.717, 1.165) is 61.7 Å². The zero-order chi connectivity index (χ0) is 29.8. The molecular formula is C39H27N5. The molecule has 8 aromatic rings. The number of fused-ring (bicyclic) bond motifs is 6. The average molecular weight is 566 g/mol. The molecule has 0 aliphatic rings. The van der Waals surface area contributed by atoms with Gasteiger partial charge in [-0.25, -0.2) is 4.98 Å². The van der Waals surface area contributed by atoms with E-state index < -0.39 is 0 Å². The maximum Gasteiger partial charge on any atom is 0.220 e. The molecule has 0 fully saturated rings. The molecule has 0 atom stereocenters. The van der Waals surface area contributed by atoms with E-state index >= 15 is 0 Å². The Morgan fingerprint density at radius 2 is 1.32 bits per heavy atom. The first-order chi connectivity index (χ1) is 21.7. The molecule has 44 heavy (non-hydrogen) atoms. The molecule has 3 aromatic heterocycles. The topological polar surface area (TPSA) is 51.0 Å². The van der Waals surface area contributed by atoms with Gasteiger partial charge in [-0.05, 0) is 61.5 Å². The van der Waals surface area contributed by atoms with Crippen molar-refractivity contribution in [2.24, 2.45) is 0 Å². The Morgan fingerprint density at radius 3 is 2.02 bits per heavy atom. The predicted molar refractivity (Wildman–Crippen MR) is 181 cm³/mol. The molecule has 0 N–H and O–H groups in total. The summed E-state index contributed by atoms with van der Waals surface area (Å²) in [5.41, 5.74) is 10.7. The lowest BCUT2D eigenvalue weighted by Crippen LogP contribution is -2.03. The van der Waals surface area contributed by atoms with Gasteiger partial charge in [0.2, 0.25) is 5.78 Å². The molecular weight excluding hydrogens is 538 g/mol. The number of para-hydroxylation sites is 5. The minimum Gasteiger partial charge on any atom is -0.309 e. The van der Waals surface area contributed by atoms with Gasteiger partial charge in [-0.3, -0.25) is 8.97 Å². The molecule has 0 aliphatic heterocycles. The third kappa shape index (κ3) is 3.62. The van der Waals surface area contributed by atoms with Crippen LogP contribution in [0.3, 0.4) is 0 Å². The van der Waals surface area contributed by atoms with Crippen molar-refractivity contribution in [1.29, 1.82) is 5.26 Å². The number of nitriles is 1. The number of allylic oxidation sites excluding steroid dienone is 1. The molecule has 5 aromatic carbocycles. The highest BCUT2D eigenvalue weighted by Gasteiger charge is 2.23. The van der Waals surface area contributed by atoms with Crippen molar-refractivity contribution in [1.82, 2.24) is 18.5 Å². The van der Waals surface area contributed by atoms with Crippen LogP contribution < -0.4 is 0 Å². The molecule has 5 nitrogen and oxygen atoms in total. The SMILES string of the molecule is C=Cc1c(/C=C\C)n(-c2ccccc2-c2ccc(C#N)cc2-n2c3ccccc3c3ccccc32)c2nc3ccccc3n12. The van der Waals surface area contributed by atoms with E-state index in [1.165, 1.54) is 10.8 Å². The van der Waals surface area contributed by atoms with Crippen LogP contribution in [0.2, 0.25) is 0 Å². The van der Waals surface area contributed by atoms with Gasteiger partial charge in [0.05, 0.1) is 56.5 Å². The van der Waals surface area contributed by atoms with Gasteiger partial charge in [0, 0.05) is 21.9 Å². The third-order valence-electron chi connectivity index (χ3n) is 8.39. The molecule has 0 unspecified atom stereocenters. The highest BCUT2D eigenvalue weighted by Crippen LogP contribution is 2.40. The molecule has 0 bridgehead atoms. The summed E-state index contributed by atoms with van der Waals surface area (Å²) in [6.07, 6.45) is 6.07.